The number of carbonyl (C=O) groups excluding carboxylic acids is 3. The van der Waals surface area contributed by atoms with Crippen molar-refractivity contribution in [3.8, 4) is 0 Å². The Morgan fingerprint density at radius 1 is 1.20 bits per heavy atom. The molecule has 0 spiro atoms. The number of Topliss-reactive ketones (excluding diaryl/α,β-unsaturated/α-hetero) is 1. The molecule has 1 heterocycles. The number of morpholine rings is 1. The number of ketones is 1. The van der Waals surface area contributed by atoms with Gasteiger partial charge in [0.1, 0.15) is 0 Å². The summed E-state index contributed by atoms with van der Waals surface area (Å²) in [6.07, 6.45) is 3.54. The van der Waals surface area contributed by atoms with E-state index in [9.17, 15) is 14.4 Å². The molecule has 0 bridgehead atoms. The van der Waals surface area contributed by atoms with Crippen molar-refractivity contribution >= 4 is 17.7 Å². The Morgan fingerprint density at radius 3 is 2.60 bits per heavy atom. The van der Waals surface area contributed by atoms with Gasteiger partial charge in [-0.1, -0.05) is 12.2 Å². The first-order valence-corrected chi connectivity index (χ1v) is 8.59. The third-order valence-corrected chi connectivity index (χ3v) is 4.09. The number of rotatable bonds is 8. The fraction of sp³-hybridized carbons (Fsp3) is 0.611. The van der Waals surface area contributed by atoms with E-state index in [0.29, 0.717) is 13.0 Å². The highest BCUT2D eigenvalue weighted by molar-refractivity contribution is 5.95. The van der Waals surface area contributed by atoms with E-state index in [0.717, 1.165) is 63.4 Å². The smallest absolute Gasteiger partial charge is 0.331 e. The van der Waals surface area contributed by atoms with Gasteiger partial charge in [0, 0.05) is 38.1 Å². The maximum absolute atomic E-state index is 11.6. The van der Waals surface area contributed by atoms with Gasteiger partial charge in [-0.25, -0.2) is 9.59 Å². The normalized spacial score (nSPS) is 21.7. The maximum atomic E-state index is 11.6. The van der Waals surface area contributed by atoms with E-state index < -0.39 is 18.0 Å². The molecule has 2 fully saturated rings. The molecule has 0 aromatic heterocycles. The maximum Gasteiger partial charge on any atom is 0.331 e. The number of carbonyl (C=O) groups is 3. The fourth-order valence-corrected chi connectivity index (χ4v) is 2.71. The van der Waals surface area contributed by atoms with Crippen LogP contribution in [0.4, 0.5) is 0 Å². The number of ether oxygens (including phenoxy) is 3. The van der Waals surface area contributed by atoms with Crippen LogP contribution >= 0.6 is 0 Å². The molecule has 2 aliphatic rings. The molecular formula is C18H25NO6. The Bertz CT molecular complexity index is 536. The van der Waals surface area contributed by atoms with Crippen LogP contribution < -0.4 is 0 Å². The molecule has 1 unspecified atom stereocenters. The largest absolute Gasteiger partial charge is 0.463 e. The molecule has 0 radical (unpaired) electrons. The predicted molar refractivity (Wildman–Crippen MR) is 89.9 cm³/mol. The van der Waals surface area contributed by atoms with Crippen molar-refractivity contribution in [2.45, 2.75) is 31.8 Å². The summed E-state index contributed by atoms with van der Waals surface area (Å²) in [6, 6.07) is 0. The summed E-state index contributed by atoms with van der Waals surface area (Å²) in [7, 11) is 0. The predicted octanol–water partition coefficient (Wildman–Crippen LogP) is 1.03. The Balaban J connectivity index is 1.54. The quantitative estimate of drug-likeness (QED) is 0.279. The fourth-order valence-electron chi connectivity index (χ4n) is 2.71. The van der Waals surface area contributed by atoms with Gasteiger partial charge in [0.25, 0.3) is 0 Å². The molecule has 0 aromatic carbocycles. The first kappa shape index (κ1) is 19.3. The van der Waals surface area contributed by atoms with E-state index in [4.69, 9.17) is 14.2 Å². The molecular weight excluding hydrogens is 326 g/mol. The van der Waals surface area contributed by atoms with Crippen LogP contribution in [-0.4, -0.2) is 68.2 Å². The molecule has 138 valence electrons. The molecule has 25 heavy (non-hydrogen) atoms. The summed E-state index contributed by atoms with van der Waals surface area (Å²) < 4.78 is 15.3. The Morgan fingerprint density at radius 2 is 1.92 bits per heavy atom. The van der Waals surface area contributed by atoms with E-state index >= 15 is 0 Å². The van der Waals surface area contributed by atoms with Gasteiger partial charge in [0.2, 0.25) is 0 Å². The number of hydrogen-bond acceptors (Lipinski definition) is 7. The van der Waals surface area contributed by atoms with Crippen molar-refractivity contribution < 1.29 is 28.6 Å². The molecule has 2 rings (SSSR count). The van der Waals surface area contributed by atoms with Gasteiger partial charge in [0.15, 0.2) is 11.9 Å². The zero-order chi connectivity index (χ0) is 18.1. The Kier molecular flexibility index (Phi) is 7.81. The van der Waals surface area contributed by atoms with Gasteiger partial charge in [0.05, 0.1) is 19.8 Å². The van der Waals surface area contributed by atoms with Crippen molar-refractivity contribution in [2.75, 3.05) is 39.5 Å². The standard InChI is InChI=1S/C18H25NO6/c1-14-12-15(20)16(13-14)25-18(22)5-4-17(21)24-9-3-2-6-19-7-10-23-11-8-19/h4-5,16H,1-3,6-13H2/b5-4+. The second-order valence-electron chi connectivity index (χ2n) is 6.18. The van der Waals surface area contributed by atoms with Crippen LogP contribution in [0, 0.1) is 0 Å². The SMILES string of the molecule is C=C1CC(=O)C(OC(=O)/C=C/C(=O)OCCCCN2CCOCC2)C1. The van der Waals surface area contributed by atoms with E-state index in [2.05, 4.69) is 11.5 Å². The summed E-state index contributed by atoms with van der Waals surface area (Å²) in [4.78, 5) is 37.0. The second-order valence-corrected chi connectivity index (χ2v) is 6.18. The third-order valence-electron chi connectivity index (χ3n) is 4.09. The minimum atomic E-state index is -0.777. The molecule has 0 aromatic rings. The van der Waals surface area contributed by atoms with Crippen LogP contribution in [0.2, 0.25) is 0 Å². The van der Waals surface area contributed by atoms with E-state index in [1.165, 1.54) is 0 Å². The molecule has 1 saturated carbocycles. The van der Waals surface area contributed by atoms with Crippen LogP contribution in [0.25, 0.3) is 0 Å². The van der Waals surface area contributed by atoms with Gasteiger partial charge in [-0.15, -0.1) is 0 Å². The lowest BCUT2D eigenvalue weighted by Gasteiger charge is -2.26. The van der Waals surface area contributed by atoms with Crippen molar-refractivity contribution in [1.29, 1.82) is 0 Å². The number of unbranched alkanes of at least 4 members (excludes halogenated alkanes) is 1. The lowest BCUT2D eigenvalue weighted by atomic mass is 10.3. The van der Waals surface area contributed by atoms with E-state index in [1.54, 1.807) is 0 Å². The Labute approximate surface area is 147 Å². The zero-order valence-electron chi connectivity index (χ0n) is 14.4. The third kappa shape index (κ3) is 7.19. The van der Waals surface area contributed by atoms with E-state index in [1.807, 2.05) is 0 Å². The van der Waals surface area contributed by atoms with Crippen LogP contribution in [0.3, 0.4) is 0 Å². The highest BCUT2D eigenvalue weighted by Gasteiger charge is 2.29. The van der Waals surface area contributed by atoms with Gasteiger partial charge >= 0.3 is 11.9 Å². The molecule has 7 nitrogen and oxygen atoms in total. The minimum Gasteiger partial charge on any atom is -0.463 e. The highest BCUT2D eigenvalue weighted by atomic mass is 16.5. The summed E-state index contributed by atoms with van der Waals surface area (Å²) in [5, 5.41) is 0. The minimum absolute atomic E-state index is 0.158. The first-order chi connectivity index (χ1) is 12.0. The molecule has 0 amide bonds. The van der Waals surface area contributed by atoms with Gasteiger partial charge in [-0.2, -0.15) is 0 Å². The molecule has 1 aliphatic carbocycles. The zero-order valence-corrected chi connectivity index (χ0v) is 14.4. The average molecular weight is 351 g/mol. The summed E-state index contributed by atoms with van der Waals surface area (Å²) in [6.45, 7) is 8.41. The number of nitrogens with zero attached hydrogens (tertiary/aromatic N) is 1. The van der Waals surface area contributed by atoms with Crippen molar-refractivity contribution in [2.24, 2.45) is 0 Å². The van der Waals surface area contributed by atoms with Crippen LogP contribution in [0.5, 0.6) is 0 Å². The molecule has 1 saturated heterocycles. The molecule has 7 heteroatoms. The Hall–Kier alpha value is -1.99. The lowest BCUT2D eigenvalue weighted by Crippen LogP contribution is -2.36. The topological polar surface area (TPSA) is 82.1 Å². The summed E-state index contributed by atoms with van der Waals surface area (Å²) in [5.74, 6) is -1.47. The van der Waals surface area contributed by atoms with Gasteiger partial charge < -0.3 is 14.2 Å². The lowest BCUT2D eigenvalue weighted by molar-refractivity contribution is -0.149. The molecule has 0 N–H and O–H groups in total. The average Bonchev–Trinajstić information content (AvgIpc) is 2.91. The van der Waals surface area contributed by atoms with Crippen LogP contribution in [0.15, 0.2) is 24.3 Å². The highest BCUT2D eigenvalue weighted by Crippen LogP contribution is 2.22. The molecule has 1 aliphatic heterocycles. The van der Waals surface area contributed by atoms with Crippen molar-refractivity contribution in [1.82, 2.24) is 4.90 Å². The number of hydrogen-bond donors (Lipinski definition) is 0. The van der Waals surface area contributed by atoms with Crippen LogP contribution in [0.1, 0.15) is 25.7 Å². The van der Waals surface area contributed by atoms with Crippen molar-refractivity contribution in [3.05, 3.63) is 24.3 Å². The number of esters is 2. The van der Waals surface area contributed by atoms with Crippen LogP contribution in [-0.2, 0) is 28.6 Å². The van der Waals surface area contributed by atoms with Gasteiger partial charge in [-0.3, -0.25) is 9.69 Å². The van der Waals surface area contributed by atoms with Crippen molar-refractivity contribution in [3.63, 3.8) is 0 Å². The summed E-state index contributed by atoms with van der Waals surface area (Å²) >= 11 is 0. The monoisotopic (exact) mass is 351 g/mol. The second kappa shape index (κ2) is 10.1. The van der Waals surface area contributed by atoms with Gasteiger partial charge in [-0.05, 0) is 19.4 Å². The molecule has 1 atom stereocenters. The first-order valence-electron chi connectivity index (χ1n) is 8.59. The summed E-state index contributed by atoms with van der Waals surface area (Å²) in [5.41, 5.74) is 0.753. The van der Waals surface area contributed by atoms with E-state index in [-0.39, 0.29) is 12.2 Å².